The molecule has 53 heavy (non-hydrogen) atoms. The van der Waals surface area contributed by atoms with Crippen molar-refractivity contribution in [3.8, 4) is 62.1 Å². The number of hydrogen-bond acceptors (Lipinski definition) is 6. The maximum Gasteiger partial charge on any atom is 0.164 e. The van der Waals surface area contributed by atoms with Crippen LogP contribution in [-0.4, -0.2) is 31.6 Å². The number of rotatable bonds is 7. The Morgan fingerprint density at radius 1 is 0.528 bits per heavy atom. The first-order valence-corrected chi connectivity index (χ1v) is 17.7. The van der Waals surface area contributed by atoms with Crippen LogP contribution in [0.1, 0.15) is 22.3 Å². The zero-order valence-electron chi connectivity index (χ0n) is 28.9. The maximum atomic E-state index is 5.17. The van der Waals surface area contributed by atoms with Gasteiger partial charge in [0.2, 0.25) is 0 Å². The number of imidazole rings is 1. The molecule has 6 aromatic carbocycles. The normalized spacial score (nSPS) is 13.1. The van der Waals surface area contributed by atoms with E-state index in [1.807, 2.05) is 54.5 Å². The topological polar surface area (TPSA) is 80.5 Å². The molecule has 8 aromatic rings. The van der Waals surface area contributed by atoms with Gasteiger partial charge in [-0.1, -0.05) is 84.9 Å². The molecule has 1 spiro atoms. The van der Waals surface area contributed by atoms with Gasteiger partial charge in [0.15, 0.2) is 17.5 Å². The average molecular weight is 684 g/mol. The second kappa shape index (κ2) is 12.3. The number of nitrogens with zero attached hydrogens (tertiary/aromatic N) is 5. The molecule has 7 nitrogen and oxygen atoms in total. The van der Waals surface area contributed by atoms with Crippen LogP contribution in [0.15, 0.2) is 171 Å². The summed E-state index contributed by atoms with van der Waals surface area (Å²) in [5.41, 5.74) is 14.5. The van der Waals surface area contributed by atoms with Crippen LogP contribution in [0.3, 0.4) is 0 Å². The summed E-state index contributed by atoms with van der Waals surface area (Å²) in [7, 11) is 1.87. The average Bonchev–Trinajstić information content (AvgIpc) is 3.94. The number of hydrogen-bond donors (Lipinski definition) is 2. The van der Waals surface area contributed by atoms with Crippen LogP contribution in [0, 0.1) is 0 Å². The van der Waals surface area contributed by atoms with Crippen LogP contribution in [0.4, 0.5) is 5.69 Å². The van der Waals surface area contributed by atoms with Crippen molar-refractivity contribution < 1.29 is 0 Å². The van der Waals surface area contributed by atoms with E-state index in [0.717, 1.165) is 28.1 Å². The third-order valence-corrected chi connectivity index (χ3v) is 10.5. The number of nitrogens with one attached hydrogen (secondary N) is 2. The third kappa shape index (κ3) is 4.82. The molecule has 0 amide bonds. The van der Waals surface area contributed by atoms with Gasteiger partial charge in [-0.05, 0) is 99.1 Å². The maximum absolute atomic E-state index is 5.17. The number of benzene rings is 6. The van der Waals surface area contributed by atoms with Crippen LogP contribution >= 0.6 is 0 Å². The van der Waals surface area contributed by atoms with Gasteiger partial charge in [0, 0.05) is 59.9 Å². The van der Waals surface area contributed by atoms with Crippen LogP contribution in [0.2, 0.25) is 0 Å². The molecule has 0 fully saturated rings. The Balaban J connectivity index is 1.15. The van der Waals surface area contributed by atoms with E-state index < -0.39 is 5.41 Å². The van der Waals surface area contributed by atoms with E-state index in [-0.39, 0.29) is 0 Å². The Kier molecular flexibility index (Phi) is 7.11. The van der Waals surface area contributed by atoms with Gasteiger partial charge in [-0.25, -0.2) is 19.9 Å². The molecular weight excluding hydrogens is 651 g/mol. The zero-order chi connectivity index (χ0) is 35.4. The van der Waals surface area contributed by atoms with E-state index in [9.17, 15) is 0 Å². The highest BCUT2D eigenvalue weighted by Gasteiger charge is 2.51. The Morgan fingerprint density at radius 2 is 1.04 bits per heavy atom. The fourth-order valence-corrected chi connectivity index (χ4v) is 8.13. The predicted octanol–water partition coefficient (Wildman–Crippen LogP) is 9.50. The number of aromatic nitrogens is 5. The van der Waals surface area contributed by atoms with Crippen molar-refractivity contribution in [2.24, 2.45) is 0 Å². The largest absolute Gasteiger partial charge is 0.393 e. The lowest BCUT2D eigenvalue weighted by Gasteiger charge is -2.30. The third-order valence-electron chi connectivity index (χ3n) is 10.5. The lowest BCUT2D eigenvalue weighted by molar-refractivity contribution is 0.794. The molecule has 0 saturated heterocycles. The molecule has 10 rings (SSSR count). The van der Waals surface area contributed by atoms with Crippen LogP contribution in [0.5, 0.6) is 0 Å². The molecule has 2 heterocycles. The number of anilines is 1. The first-order chi connectivity index (χ1) is 26.2. The van der Waals surface area contributed by atoms with Crippen LogP contribution in [-0.2, 0) is 5.41 Å². The second-order valence-corrected chi connectivity index (χ2v) is 13.3. The fraction of sp³-hybridized carbons (Fsp3) is 0.0435. The molecule has 0 bridgehead atoms. The van der Waals surface area contributed by atoms with Crippen molar-refractivity contribution in [1.82, 2.24) is 29.8 Å². The van der Waals surface area contributed by atoms with E-state index in [1.165, 1.54) is 44.5 Å². The highest BCUT2D eigenvalue weighted by molar-refractivity contribution is 5.95. The second-order valence-electron chi connectivity index (χ2n) is 13.3. The molecule has 0 radical (unpaired) electrons. The van der Waals surface area contributed by atoms with Crippen molar-refractivity contribution in [2.45, 2.75) is 5.41 Å². The minimum absolute atomic E-state index is 0.457. The molecule has 2 aliphatic carbocycles. The molecule has 2 aromatic heterocycles. The fourth-order valence-electron chi connectivity index (χ4n) is 8.13. The van der Waals surface area contributed by atoms with Crippen molar-refractivity contribution in [3.63, 3.8) is 0 Å². The lowest BCUT2D eigenvalue weighted by Crippen LogP contribution is -2.25. The summed E-state index contributed by atoms with van der Waals surface area (Å²) in [5.74, 6) is 1.84. The van der Waals surface area contributed by atoms with Gasteiger partial charge in [0.1, 0.15) is 0 Å². The van der Waals surface area contributed by atoms with E-state index in [4.69, 9.17) is 15.0 Å². The quantitative estimate of drug-likeness (QED) is 0.174. The first-order valence-electron chi connectivity index (χ1n) is 17.7. The van der Waals surface area contributed by atoms with Crippen LogP contribution < -0.4 is 10.6 Å². The van der Waals surface area contributed by atoms with Crippen molar-refractivity contribution in [2.75, 3.05) is 12.4 Å². The molecule has 0 atom stereocenters. The monoisotopic (exact) mass is 683 g/mol. The minimum Gasteiger partial charge on any atom is -0.393 e. The summed E-state index contributed by atoms with van der Waals surface area (Å²) < 4.78 is 1.98. The van der Waals surface area contributed by atoms with Crippen molar-refractivity contribution >= 4 is 5.69 Å². The van der Waals surface area contributed by atoms with Crippen LogP contribution in [0.25, 0.3) is 62.1 Å². The molecule has 2 N–H and O–H groups in total. The predicted molar refractivity (Wildman–Crippen MR) is 211 cm³/mol. The SMILES string of the molecule is CN/C=C\Nc1ccc(-c2nc(-c3ccc(-n4ccnc4)cc3)nc(-c3ccc4c(c3)C3(c5ccccc5-c5ccccc53)c3ccccc3-4)n2)cc1. The smallest absolute Gasteiger partial charge is 0.164 e. The minimum atomic E-state index is -0.457. The lowest BCUT2D eigenvalue weighted by atomic mass is 9.70. The highest BCUT2D eigenvalue weighted by Crippen LogP contribution is 2.62. The summed E-state index contributed by atoms with van der Waals surface area (Å²) in [5, 5.41) is 6.28. The Bertz CT molecular complexity index is 2610. The van der Waals surface area contributed by atoms with Gasteiger partial charge < -0.3 is 15.2 Å². The van der Waals surface area contributed by atoms with E-state index in [2.05, 4.69) is 131 Å². The molecule has 0 saturated carbocycles. The molecule has 7 heteroatoms. The zero-order valence-corrected chi connectivity index (χ0v) is 28.9. The van der Waals surface area contributed by atoms with Gasteiger partial charge >= 0.3 is 0 Å². The highest BCUT2D eigenvalue weighted by atomic mass is 15.0. The molecule has 2 aliphatic rings. The molecular formula is C46H33N7. The molecule has 0 aliphatic heterocycles. The van der Waals surface area contributed by atoms with E-state index in [0.29, 0.717) is 17.5 Å². The molecule has 252 valence electrons. The summed E-state index contributed by atoms with van der Waals surface area (Å²) in [6, 6.07) is 49.7. The van der Waals surface area contributed by atoms with Gasteiger partial charge in [0.25, 0.3) is 0 Å². The van der Waals surface area contributed by atoms with Gasteiger partial charge in [-0.15, -0.1) is 0 Å². The first kappa shape index (κ1) is 30.7. The van der Waals surface area contributed by atoms with Gasteiger partial charge in [0.05, 0.1) is 11.7 Å². The summed E-state index contributed by atoms with van der Waals surface area (Å²) in [6.07, 6.45) is 9.21. The molecule has 0 unspecified atom stereocenters. The summed E-state index contributed by atoms with van der Waals surface area (Å²) >= 11 is 0. The standard InChI is InChI=1S/C46H33N7/c1-47-24-25-49-33-19-14-30(15-20-33)43-50-44(31-16-21-34(22-17-31)53-27-26-48-29-53)52-45(51-43)32-18-23-38-37-10-4-7-13-41(37)46(42(38)28-32)39-11-5-2-8-35(39)36-9-3-6-12-40(36)46/h2-29,47,49H,1H3/b25-24-. The van der Waals surface area contributed by atoms with Crippen molar-refractivity contribution in [1.29, 1.82) is 0 Å². The van der Waals surface area contributed by atoms with Crippen molar-refractivity contribution in [3.05, 3.63) is 193 Å². The van der Waals surface area contributed by atoms with Gasteiger partial charge in [-0.3, -0.25) is 0 Å². The van der Waals surface area contributed by atoms with Gasteiger partial charge in [-0.2, -0.15) is 0 Å². The van der Waals surface area contributed by atoms with E-state index in [1.54, 1.807) is 12.5 Å². The summed E-state index contributed by atoms with van der Waals surface area (Å²) in [4.78, 5) is 19.6. The Hall–Kier alpha value is -7.12. The van der Waals surface area contributed by atoms with E-state index >= 15 is 0 Å². The number of fused-ring (bicyclic) bond motifs is 10. The summed E-state index contributed by atoms with van der Waals surface area (Å²) in [6.45, 7) is 0. The Labute approximate surface area is 307 Å². The Morgan fingerprint density at radius 3 is 1.58 bits per heavy atom.